The molecule has 0 aromatic heterocycles. The third-order valence-electron chi connectivity index (χ3n) is 2.53. The summed E-state index contributed by atoms with van der Waals surface area (Å²) in [5, 5.41) is 0. The number of ketones is 1. The molecular formula is C15H22O5. The summed E-state index contributed by atoms with van der Waals surface area (Å²) in [6.45, 7) is 7.02. The van der Waals surface area contributed by atoms with Crippen molar-refractivity contribution in [2.75, 3.05) is 33.5 Å². The first-order chi connectivity index (χ1) is 9.69. The van der Waals surface area contributed by atoms with Crippen LogP contribution in [-0.2, 0) is 4.74 Å². The van der Waals surface area contributed by atoms with Gasteiger partial charge < -0.3 is 18.9 Å². The monoisotopic (exact) mass is 282 g/mol. The van der Waals surface area contributed by atoms with Crippen molar-refractivity contribution in [2.45, 2.75) is 20.8 Å². The molecule has 0 aliphatic rings. The number of Topliss-reactive ketones (excluding diaryl/α,β-unsaturated/α-hetero) is 1. The molecule has 1 rings (SSSR count). The summed E-state index contributed by atoms with van der Waals surface area (Å²) in [5.74, 6) is 1.31. The molecule has 0 fully saturated rings. The molecule has 0 saturated carbocycles. The zero-order valence-corrected chi connectivity index (χ0v) is 12.5. The average Bonchev–Trinajstić information content (AvgIpc) is 2.43. The molecule has 0 bridgehead atoms. The molecule has 5 nitrogen and oxygen atoms in total. The molecule has 0 heterocycles. The van der Waals surface area contributed by atoms with Gasteiger partial charge in [-0.2, -0.15) is 0 Å². The van der Waals surface area contributed by atoms with Gasteiger partial charge in [-0.3, -0.25) is 4.79 Å². The summed E-state index contributed by atoms with van der Waals surface area (Å²) in [6, 6.07) is 3.40. The van der Waals surface area contributed by atoms with Gasteiger partial charge in [0.15, 0.2) is 17.3 Å². The van der Waals surface area contributed by atoms with Gasteiger partial charge in [0, 0.05) is 7.11 Å². The first-order valence-corrected chi connectivity index (χ1v) is 6.77. The second-order valence-electron chi connectivity index (χ2n) is 3.92. The van der Waals surface area contributed by atoms with Crippen LogP contribution in [0.5, 0.6) is 17.2 Å². The number of rotatable bonds is 9. The van der Waals surface area contributed by atoms with E-state index in [1.54, 1.807) is 12.1 Å². The lowest BCUT2D eigenvalue weighted by Crippen LogP contribution is -2.11. The second kappa shape index (κ2) is 8.43. The Labute approximate surface area is 119 Å². The summed E-state index contributed by atoms with van der Waals surface area (Å²) in [5.41, 5.74) is 0.445. The molecule has 5 heteroatoms. The highest BCUT2D eigenvalue weighted by atomic mass is 16.5. The van der Waals surface area contributed by atoms with Crippen LogP contribution in [0.4, 0.5) is 0 Å². The Morgan fingerprint density at radius 2 is 1.55 bits per heavy atom. The van der Waals surface area contributed by atoms with Gasteiger partial charge in [0.05, 0.1) is 25.4 Å². The van der Waals surface area contributed by atoms with Gasteiger partial charge in [-0.05, 0) is 32.9 Å². The number of methoxy groups -OCH3 is 1. The topological polar surface area (TPSA) is 54.0 Å². The number of hydrogen-bond acceptors (Lipinski definition) is 5. The minimum atomic E-state index is -0.153. The van der Waals surface area contributed by atoms with Crippen molar-refractivity contribution in [3.05, 3.63) is 17.7 Å². The Bertz CT molecular complexity index is 442. The van der Waals surface area contributed by atoms with Crippen molar-refractivity contribution >= 4 is 5.78 Å². The van der Waals surface area contributed by atoms with Crippen LogP contribution < -0.4 is 14.2 Å². The van der Waals surface area contributed by atoms with Crippen LogP contribution in [-0.4, -0.2) is 39.3 Å². The van der Waals surface area contributed by atoms with E-state index < -0.39 is 0 Å². The van der Waals surface area contributed by atoms with Crippen LogP contribution in [0, 0.1) is 0 Å². The van der Waals surface area contributed by atoms with E-state index in [1.807, 2.05) is 20.8 Å². The molecule has 0 aliphatic carbocycles. The van der Waals surface area contributed by atoms with Gasteiger partial charge in [0.1, 0.15) is 6.61 Å². The van der Waals surface area contributed by atoms with E-state index in [9.17, 15) is 4.79 Å². The van der Waals surface area contributed by atoms with Crippen LogP contribution >= 0.6 is 0 Å². The largest absolute Gasteiger partial charge is 0.490 e. The first-order valence-electron chi connectivity index (χ1n) is 6.77. The quantitative estimate of drug-likeness (QED) is 0.652. The van der Waals surface area contributed by atoms with Crippen molar-refractivity contribution in [1.82, 2.24) is 0 Å². The number of hydrogen-bond donors (Lipinski definition) is 0. The molecule has 0 saturated heterocycles. The minimum Gasteiger partial charge on any atom is -0.490 e. The maximum absolute atomic E-state index is 12.1. The Morgan fingerprint density at radius 1 is 0.950 bits per heavy atom. The second-order valence-corrected chi connectivity index (χ2v) is 3.92. The van der Waals surface area contributed by atoms with Gasteiger partial charge in [-0.25, -0.2) is 0 Å². The number of carbonyl (C=O) groups is 1. The van der Waals surface area contributed by atoms with Crippen molar-refractivity contribution < 1.29 is 23.7 Å². The SMILES string of the molecule is CCOc1ccc(C(=O)COC)c(OCC)c1OCC. The molecule has 20 heavy (non-hydrogen) atoms. The maximum atomic E-state index is 12.1. The molecule has 0 radical (unpaired) electrons. The smallest absolute Gasteiger partial charge is 0.204 e. The van der Waals surface area contributed by atoms with Crippen LogP contribution in [0.25, 0.3) is 0 Å². The van der Waals surface area contributed by atoms with E-state index in [1.165, 1.54) is 7.11 Å². The Morgan fingerprint density at radius 3 is 2.10 bits per heavy atom. The fraction of sp³-hybridized carbons (Fsp3) is 0.533. The van der Waals surface area contributed by atoms with Crippen LogP contribution in [0.3, 0.4) is 0 Å². The molecular weight excluding hydrogens is 260 g/mol. The predicted molar refractivity (Wildman–Crippen MR) is 76.2 cm³/mol. The van der Waals surface area contributed by atoms with Crippen LogP contribution in [0.2, 0.25) is 0 Å². The molecule has 1 aromatic rings. The van der Waals surface area contributed by atoms with E-state index >= 15 is 0 Å². The first kappa shape index (κ1) is 16.3. The van der Waals surface area contributed by atoms with Crippen molar-refractivity contribution in [3.63, 3.8) is 0 Å². The molecule has 0 amide bonds. The normalized spacial score (nSPS) is 10.2. The molecule has 0 aliphatic heterocycles. The van der Waals surface area contributed by atoms with E-state index in [-0.39, 0.29) is 12.4 Å². The average molecular weight is 282 g/mol. The van der Waals surface area contributed by atoms with Gasteiger partial charge in [-0.1, -0.05) is 0 Å². The highest BCUT2D eigenvalue weighted by molar-refractivity contribution is 6.00. The Hall–Kier alpha value is -1.75. The van der Waals surface area contributed by atoms with E-state index in [0.717, 1.165) is 0 Å². The lowest BCUT2D eigenvalue weighted by Gasteiger charge is -2.17. The lowest BCUT2D eigenvalue weighted by molar-refractivity contribution is 0.0843. The summed E-state index contributed by atoms with van der Waals surface area (Å²) < 4.78 is 21.6. The third-order valence-corrected chi connectivity index (χ3v) is 2.53. The summed E-state index contributed by atoms with van der Waals surface area (Å²) in [4.78, 5) is 12.1. The zero-order valence-electron chi connectivity index (χ0n) is 12.5. The highest BCUT2D eigenvalue weighted by Crippen LogP contribution is 2.40. The molecule has 1 aromatic carbocycles. The lowest BCUT2D eigenvalue weighted by atomic mass is 10.1. The fourth-order valence-electron chi connectivity index (χ4n) is 1.81. The summed E-state index contributed by atoms with van der Waals surface area (Å²) in [6.07, 6.45) is 0. The van der Waals surface area contributed by atoms with Crippen molar-refractivity contribution in [3.8, 4) is 17.2 Å². The molecule has 0 N–H and O–H groups in total. The zero-order chi connectivity index (χ0) is 15.0. The molecule has 0 spiro atoms. The fourth-order valence-corrected chi connectivity index (χ4v) is 1.81. The van der Waals surface area contributed by atoms with Crippen molar-refractivity contribution in [1.29, 1.82) is 0 Å². The third kappa shape index (κ3) is 3.87. The highest BCUT2D eigenvalue weighted by Gasteiger charge is 2.21. The number of ether oxygens (including phenoxy) is 4. The van der Waals surface area contributed by atoms with Gasteiger partial charge in [0.25, 0.3) is 0 Å². The Kier molecular flexibility index (Phi) is 6.87. The number of carbonyl (C=O) groups excluding carboxylic acids is 1. The standard InChI is InChI=1S/C15H22O5/c1-5-18-13-9-8-11(12(16)10-17-4)14(19-6-2)15(13)20-7-3/h8-9H,5-7,10H2,1-4H3. The van der Waals surface area contributed by atoms with E-state index in [4.69, 9.17) is 18.9 Å². The molecule has 112 valence electrons. The van der Waals surface area contributed by atoms with E-state index in [0.29, 0.717) is 42.6 Å². The van der Waals surface area contributed by atoms with Gasteiger partial charge in [-0.15, -0.1) is 0 Å². The van der Waals surface area contributed by atoms with Gasteiger partial charge in [0.2, 0.25) is 5.75 Å². The number of benzene rings is 1. The van der Waals surface area contributed by atoms with Crippen LogP contribution in [0.15, 0.2) is 12.1 Å². The predicted octanol–water partition coefficient (Wildman–Crippen LogP) is 2.71. The van der Waals surface area contributed by atoms with E-state index in [2.05, 4.69) is 0 Å². The van der Waals surface area contributed by atoms with Crippen LogP contribution in [0.1, 0.15) is 31.1 Å². The Balaban J connectivity index is 3.30. The van der Waals surface area contributed by atoms with Gasteiger partial charge >= 0.3 is 0 Å². The maximum Gasteiger partial charge on any atom is 0.204 e. The summed E-state index contributed by atoms with van der Waals surface area (Å²) in [7, 11) is 1.48. The minimum absolute atomic E-state index is 0.000376. The summed E-state index contributed by atoms with van der Waals surface area (Å²) >= 11 is 0. The molecule has 0 unspecified atom stereocenters. The van der Waals surface area contributed by atoms with Crippen molar-refractivity contribution in [2.24, 2.45) is 0 Å². The molecule has 0 atom stereocenters.